The molecule has 4 N–H and O–H groups in total. The van der Waals surface area contributed by atoms with E-state index in [-0.39, 0.29) is 64.4 Å². The Balaban J connectivity index is 0.928. The Morgan fingerprint density at radius 2 is 0.987 bits per heavy atom. The van der Waals surface area contributed by atoms with Gasteiger partial charge in [0.2, 0.25) is 11.8 Å². The van der Waals surface area contributed by atoms with Gasteiger partial charge in [0.15, 0.2) is 11.6 Å². The Morgan fingerprint density at radius 3 is 1.39 bits per heavy atom. The third-order valence-electron chi connectivity index (χ3n) is 18.6. The predicted octanol–water partition coefficient (Wildman–Crippen LogP) is 11.5. The minimum Gasteiger partial charge on any atom is -0.453 e. The summed E-state index contributed by atoms with van der Waals surface area (Å²) in [6.45, 7) is 8.41. The zero-order valence-corrected chi connectivity index (χ0v) is 45.9. The van der Waals surface area contributed by atoms with Crippen LogP contribution in [0.3, 0.4) is 0 Å². The molecular weight excluding hydrogens is 1020 g/mol. The predicted molar refractivity (Wildman–Crippen MR) is 290 cm³/mol. The van der Waals surface area contributed by atoms with Crippen molar-refractivity contribution in [2.45, 2.75) is 160 Å². The summed E-state index contributed by atoms with van der Waals surface area (Å²) in [6.07, 6.45) is 10.4. The molecule has 4 aliphatic heterocycles. The van der Waals surface area contributed by atoms with E-state index in [9.17, 15) is 19.2 Å². The Hall–Kier alpha value is -6.60. The van der Waals surface area contributed by atoms with E-state index in [0.717, 1.165) is 64.2 Å². The first-order valence-electron chi connectivity index (χ1n) is 28.7. The van der Waals surface area contributed by atoms with Crippen molar-refractivity contribution >= 4 is 57.4 Å². The molecule has 2 saturated carbocycles. The number of benzene rings is 3. The summed E-state index contributed by atoms with van der Waals surface area (Å²) in [5, 5.41) is 5.60. The van der Waals surface area contributed by atoms with E-state index < -0.39 is 71.7 Å². The Morgan fingerprint density at radius 1 is 0.557 bits per heavy atom. The molecule has 16 nitrogen and oxygen atoms in total. The smallest absolute Gasteiger partial charge is 0.407 e. The molecule has 6 atom stereocenters. The van der Waals surface area contributed by atoms with Gasteiger partial charge in [-0.1, -0.05) is 46.5 Å². The summed E-state index contributed by atoms with van der Waals surface area (Å²) in [6, 6.07) is 4.44. The highest BCUT2D eigenvalue weighted by Crippen LogP contribution is 2.51. The van der Waals surface area contributed by atoms with Crippen LogP contribution >= 0.6 is 0 Å². The van der Waals surface area contributed by atoms with Gasteiger partial charge in [0.25, 0.3) is 0 Å². The summed E-state index contributed by atoms with van der Waals surface area (Å²) in [7, 11) is 2.54. The van der Waals surface area contributed by atoms with E-state index >= 15 is 17.6 Å². The summed E-state index contributed by atoms with van der Waals surface area (Å²) in [5.74, 6) is -1.91. The number of hydrogen-bond donors (Lipinski definition) is 4. The molecule has 6 aliphatic rings. The number of nitrogens with zero attached hydrogens (tertiary/aromatic N) is 6. The van der Waals surface area contributed by atoms with E-state index in [4.69, 9.17) is 19.4 Å². The standard InChI is InChI=1S/C59H74F4N10O6/c1-59(2,3)34-20-24-70(25-21-34)52-40(62)26-35(27-41(52)63)73-46(36-28-42-44(30-38(36)60)66-53(64-42)48-16-10-22-71(48)55(74)50(68-57(76)78-4)32-12-6-7-13-32)18-19-47(73)37-29-43-45(31-39(37)61)67-54(65-43)49-17-11-23-72(49)56(75)51(69-58(77)79-5)33-14-8-9-15-33/h26-34,46-51H,6-25H2,1-5H3,(H,64,66)(H,65,67)(H,68,76)(H,69,77)/t46-,47-,48+,49+,50+,51+/m1/s1. The molecule has 0 bridgehead atoms. The lowest BCUT2D eigenvalue weighted by Crippen LogP contribution is -2.51. The van der Waals surface area contributed by atoms with Gasteiger partial charge >= 0.3 is 12.2 Å². The van der Waals surface area contributed by atoms with Crippen LogP contribution in [0.2, 0.25) is 0 Å². The van der Waals surface area contributed by atoms with Gasteiger partial charge < -0.3 is 49.7 Å². The number of anilines is 2. The fourth-order valence-corrected chi connectivity index (χ4v) is 14.4. The first kappa shape index (κ1) is 54.4. The van der Waals surface area contributed by atoms with Crippen molar-refractivity contribution in [3.63, 3.8) is 0 Å². The molecule has 20 heteroatoms. The van der Waals surface area contributed by atoms with Crippen LogP contribution in [0.5, 0.6) is 0 Å². The van der Waals surface area contributed by atoms with E-state index in [1.54, 1.807) is 31.7 Å². The highest BCUT2D eigenvalue weighted by molar-refractivity contribution is 5.88. The second kappa shape index (κ2) is 22.1. The molecular formula is C59H74F4N10O6. The monoisotopic (exact) mass is 1090 g/mol. The van der Waals surface area contributed by atoms with E-state index in [2.05, 4.69) is 41.4 Å². The topological polar surface area (TPSA) is 181 Å². The minimum absolute atomic E-state index is 0.0341. The molecule has 2 aromatic heterocycles. The fraction of sp³-hybridized carbons (Fsp3) is 0.593. The Kier molecular flexibility index (Phi) is 15.2. The number of piperidine rings is 1. The highest BCUT2D eigenvalue weighted by atomic mass is 19.1. The number of H-pyrrole nitrogens is 2. The average molecular weight is 1100 g/mol. The fourth-order valence-electron chi connectivity index (χ4n) is 14.4. The molecule has 2 aliphatic carbocycles. The quantitative estimate of drug-likeness (QED) is 0.0878. The first-order valence-corrected chi connectivity index (χ1v) is 28.7. The van der Waals surface area contributed by atoms with Crippen LogP contribution < -0.4 is 20.4 Å². The summed E-state index contributed by atoms with van der Waals surface area (Å²) in [4.78, 5) is 77.0. The highest BCUT2D eigenvalue weighted by Gasteiger charge is 2.44. The van der Waals surface area contributed by atoms with Crippen molar-refractivity contribution in [2.24, 2.45) is 23.2 Å². The summed E-state index contributed by atoms with van der Waals surface area (Å²) in [5.41, 5.74) is 2.14. The first-order chi connectivity index (χ1) is 38.0. The molecule has 0 spiro atoms. The maximum absolute atomic E-state index is 17.0. The van der Waals surface area contributed by atoms with Crippen LogP contribution in [-0.4, -0.2) is 106 Å². The molecule has 6 fully saturated rings. The lowest BCUT2D eigenvalue weighted by Gasteiger charge is -2.40. The number of nitrogens with one attached hydrogen (secondary N) is 4. The number of halogens is 4. The number of likely N-dealkylation sites (tertiary alicyclic amines) is 2. The van der Waals surface area contributed by atoms with E-state index in [0.29, 0.717) is 91.5 Å². The van der Waals surface area contributed by atoms with Crippen molar-refractivity contribution < 1.29 is 46.2 Å². The van der Waals surface area contributed by atoms with Crippen LogP contribution in [0.25, 0.3) is 22.1 Å². The second-order valence-corrected chi connectivity index (χ2v) is 24.1. The maximum atomic E-state index is 17.0. The van der Waals surface area contributed by atoms with Gasteiger partial charge in [-0.25, -0.2) is 37.1 Å². The van der Waals surface area contributed by atoms with E-state index in [1.807, 2.05) is 0 Å². The van der Waals surface area contributed by atoms with Gasteiger partial charge in [0.1, 0.15) is 41.1 Å². The van der Waals surface area contributed by atoms with Gasteiger partial charge in [0, 0.05) is 55.1 Å². The average Bonchev–Trinajstić information content (AvgIpc) is 4.34. The van der Waals surface area contributed by atoms with Crippen LogP contribution in [-0.2, 0) is 19.1 Å². The number of carbonyl (C=O) groups is 4. The van der Waals surface area contributed by atoms with Gasteiger partial charge in [0.05, 0.1) is 60.5 Å². The molecule has 0 radical (unpaired) electrons. The largest absolute Gasteiger partial charge is 0.453 e. The van der Waals surface area contributed by atoms with Crippen LogP contribution in [0.1, 0.15) is 170 Å². The van der Waals surface area contributed by atoms with Crippen LogP contribution in [0.15, 0.2) is 36.4 Å². The number of alkyl carbamates (subject to hydrolysis) is 2. The maximum Gasteiger partial charge on any atom is 0.407 e. The number of aromatic nitrogens is 4. The van der Waals surface area contributed by atoms with Crippen molar-refractivity contribution in [3.8, 4) is 0 Å². The zero-order chi connectivity index (χ0) is 55.4. The zero-order valence-electron chi connectivity index (χ0n) is 45.9. The number of hydrogen-bond acceptors (Lipinski definition) is 10. The van der Waals surface area contributed by atoms with Crippen LogP contribution in [0, 0.1) is 46.4 Å². The number of carbonyl (C=O) groups excluding carboxylic acids is 4. The number of imidazole rings is 2. The van der Waals surface area contributed by atoms with Crippen molar-refractivity contribution in [1.29, 1.82) is 0 Å². The number of rotatable bonds is 12. The Labute approximate surface area is 458 Å². The minimum atomic E-state index is -0.827. The second-order valence-electron chi connectivity index (χ2n) is 24.1. The van der Waals surface area contributed by atoms with Crippen molar-refractivity contribution in [2.75, 3.05) is 50.2 Å². The molecule has 0 unspecified atom stereocenters. The molecule has 4 saturated heterocycles. The van der Waals surface area contributed by atoms with Gasteiger partial charge in [-0.15, -0.1) is 0 Å². The van der Waals surface area contributed by atoms with Gasteiger partial charge in [-0.3, -0.25) is 9.59 Å². The molecule has 5 aromatic rings. The van der Waals surface area contributed by atoms with Crippen molar-refractivity contribution in [1.82, 2.24) is 40.4 Å². The lowest BCUT2D eigenvalue weighted by molar-refractivity contribution is -0.136. The molecule has 79 heavy (non-hydrogen) atoms. The van der Waals surface area contributed by atoms with Gasteiger partial charge in [-0.2, -0.15) is 0 Å². The summed E-state index contributed by atoms with van der Waals surface area (Å²) >= 11 is 0. The third-order valence-corrected chi connectivity index (χ3v) is 18.6. The number of ether oxygens (including phenoxy) is 2. The number of aromatic amines is 2. The third kappa shape index (κ3) is 10.6. The van der Waals surface area contributed by atoms with Gasteiger partial charge in [-0.05, 0) is 124 Å². The van der Waals surface area contributed by atoms with Crippen molar-refractivity contribution in [3.05, 3.63) is 82.4 Å². The summed E-state index contributed by atoms with van der Waals surface area (Å²) < 4.78 is 77.6. The SMILES string of the molecule is COC(=O)N[C@H](C(=O)N1CCC[C@H]1c1nc2cc(F)c([C@H]3CC[C@H](c4cc5[nH]c([C@@H]6CCCN6C(=O)[C@@H](NC(=O)OC)C6CCCC6)nc5cc4F)N3c3cc(F)c(N4CCC(C(C)(C)C)CC4)c(F)c3)cc2[nH]1)C1CCCC1. The number of fused-ring (bicyclic) bond motifs is 2. The normalized spacial score (nSPS) is 23.4. The molecule has 6 heterocycles. The number of amides is 4. The molecule has 4 amide bonds. The number of methoxy groups -OCH3 is 2. The molecule has 11 rings (SSSR count). The molecule has 3 aromatic carbocycles. The molecule has 424 valence electrons. The van der Waals surface area contributed by atoms with Crippen LogP contribution in [0.4, 0.5) is 38.5 Å². The lowest BCUT2D eigenvalue weighted by atomic mass is 9.75. The Bertz CT molecular complexity index is 2920. The van der Waals surface area contributed by atoms with E-state index in [1.165, 1.54) is 38.5 Å².